The lowest BCUT2D eigenvalue weighted by atomic mass is 10.1. The van der Waals surface area contributed by atoms with Crippen molar-refractivity contribution in [2.24, 2.45) is 0 Å². The summed E-state index contributed by atoms with van der Waals surface area (Å²) in [6.07, 6.45) is 1.55. The Balaban J connectivity index is 2.46. The van der Waals surface area contributed by atoms with Crippen molar-refractivity contribution in [2.75, 3.05) is 6.61 Å². The number of hydrogen-bond donors (Lipinski definition) is 0. The molecule has 76 valence electrons. The van der Waals surface area contributed by atoms with Crippen LogP contribution in [0.15, 0.2) is 18.2 Å². The van der Waals surface area contributed by atoms with E-state index in [-0.39, 0.29) is 0 Å². The summed E-state index contributed by atoms with van der Waals surface area (Å²) in [4.78, 5) is 9.86. The van der Waals surface area contributed by atoms with Crippen LogP contribution in [0.3, 0.4) is 0 Å². The Morgan fingerprint density at radius 3 is 2.79 bits per heavy atom. The van der Waals surface area contributed by atoms with Gasteiger partial charge in [0.1, 0.15) is 0 Å². The van der Waals surface area contributed by atoms with Crippen molar-refractivity contribution >= 4 is 29.7 Å². The molecule has 0 heterocycles. The molecule has 0 aromatic heterocycles. The van der Waals surface area contributed by atoms with E-state index < -0.39 is 0 Å². The highest BCUT2D eigenvalue weighted by atomic mass is 35.5. The number of hydrogen-bond acceptors (Lipinski definition) is 2. The van der Waals surface area contributed by atoms with Crippen LogP contribution < -0.4 is 0 Å². The second-order valence-electron chi connectivity index (χ2n) is 2.81. The van der Waals surface area contributed by atoms with Gasteiger partial charge in [-0.05, 0) is 30.5 Å². The fourth-order valence-electron chi connectivity index (χ4n) is 1.12. The molecule has 0 unspecified atom stereocenters. The summed E-state index contributed by atoms with van der Waals surface area (Å²) < 4.78 is 4.57. The Bertz CT molecular complexity index is 313. The Morgan fingerprint density at radius 1 is 1.36 bits per heavy atom. The van der Waals surface area contributed by atoms with Crippen molar-refractivity contribution in [2.45, 2.75) is 12.8 Å². The zero-order chi connectivity index (χ0) is 10.4. The van der Waals surface area contributed by atoms with E-state index in [2.05, 4.69) is 4.74 Å². The first-order valence-corrected chi connectivity index (χ1v) is 4.99. The first kappa shape index (κ1) is 11.3. The third-order valence-corrected chi connectivity index (χ3v) is 2.38. The molecule has 14 heavy (non-hydrogen) atoms. The van der Waals surface area contributed by atoms with Gasteiger partial charge < -0.3 is 4.74 Å². The van der Waals surface area contributed by atoms with Crippen LogP contribution in [0.5, 0.6) is 0 Å². The van der Waals surface area contributed by atoms with E-state index in [0.29, 0.717) is 23.1 Å². The van der Waals surface area contributed by atoms with Gasteiger partial charge in [-0.25, -0.2) is 0 Å². The predicted molar refractivity (Wildman–Crippen MR) is 56.8 cm³/mol. The second-order valence-corrected chi connectivity index (χ2v) is 3.65. The largest absolute Gasteiger partial charge is 0.468 e. The van der Waals surface area contributed by atoms with Crippen LogP contribution in [-0.4, -0.2) is 13.1 Å². The fourth-order valence-corrected chi connectivity index (χ4v) is 1.62. The van der Waals surface area contributed by atoms with E-state index in [1.807, 2.05) is 6.07 Å². The molecule has 0 saturated carbocycles. The van der Waals surface area contributed by atoms with Gasteiger partial charge in [0.25, 0.3) is 6.47 Å². The molecule has 0 fully saturated rings. The Kier molecular flexibility index (Phi) is 4.77. The molecule has 0 amide bonds. The van der Waals surface area contributed by atoms with Gasteiger partial charge in [0.15, 0.2) is 0 Å². The SMILES string of the molecule is O=COCCCc1ccc(Cl)cc1Cl. The third-order valence-electron chi connectivity index (χ3n) is 1.79. The monoisotopic (exact) mass is 232 g/mol. The molecule has 1 rings (SSSR count). The molecule has 0 atom stereocenters. The van der Waals surface area contributed by atoms with Crippen LogP contribution in [0.2, 0.25) is 10.0 Å². The first-order valence-electron chi connectivity index (χ1n) is 4.23. The van der Waals surface area contributed by atoms with Crippen LogP contribution in [0, 0.1) is 0 Å². The number of carbonyl (C=O) groups is 1. The zero-order valence-electron chi connectivity index (χ0n) is 7.50. The fraction of sp³-hybridized carbons (Fsp3) is 0.300. The predicted octanol–water partition coefficient (Wildman–Crippen LogP) is 3.10. The van der Waals surface area contributed by atoms with Crippen molar-refractivity contribution in [3.8, 4) is 0 Å². The molecule has 0 aliphatic heterocycles. The average molecular weight is 233 g/mol. The summed E-state index contributed by atoms with van der Waals surface area (Å²) in [7, 11) is 0. The molecule has 0 aliphatic rings. The van der Waals surface area contributed by atoms with Crippen LogP contribution in [0.25, 0.3) is 0 Å². The van der Waals surface area contributed by atoms with Gasteiger partial charge in [0.05, 0.1) is 6.61 Å². The average Bonchev–Trinajstić information content (AvgIpc) is 2.15. The van der Waals surface area contributed by atoms with Gasteiger partial charge in [0, 0.05) is 10.0 Å². The minimum absolute atomic E-state index is 0.419. The molecule has 0 bridgehead atoms. The van der Waals surface area contributed by atoms with Crippen LogP contribution >= 0.6 is 23.2 Å². The molecule has 1 aromatic carbocycles. The molecule has 0 saturated heterocycles. The zero-order valence-corrected chi connectivity index (χ0v) is 9.02. The lowest BCUT2D eigenvalue weighted by Crippen LogP contribution is -1.95. The number of benzene rings is 1. The van der Waals surface area contributed by atoms with E-state index in [0.717, 1.165) is 18.4 Å². The van der Waals surface area contributed by atoms with Crippen molar-refractivity contribution < 1.29 is 9.53 Å². The lowest BCUT2D eigenvalue weighted by Gasteiger charge is -2.03. The number of carbonyl (C=O) groups excluding carboxylic acids is 1. The summed E-state index contributed by atoms with van der Waals surface area (Å²) in [5.74, 6) is 0. The van der Waals surface area contributed by atoms with Crippen molar-refractivity contribution in [1.82, 2.24) is 0 Å². The second kappa shape index (κ2) is 5.89. The number of ether oxygens (including phenoxy) is 1. The minimum atomic E-state index is 0.419. The first-order chi connectivity index (χ1) is 6.74. The molecule has 0 radical (unpaired) electrons. The maximum Gasteiger partial charge on any atom is 0.293 e. The van der Waals surface area contributed by atoms with Gasteiger partial charge in [-0.1, -0.05) is 29.3 Å². The molecular formula is C10H10Cl2O2. The summed E-state index contributed by atoms with van der Waals surface area (Å²) in [6.45, 7) is 0.867. The van der Waals surface area contributed by atoms with Crippen molar-refractivity contribution in [3.05, 3.63) is 33.8 Å². The molecule has 0 aliphatic carbocycles. The van der Waals surface area contributed by atoms with E-state index in [9.17, 15) is 4.79 Å². The summed E-state index contributed by atoms with van der Waals surface area (Å²) in [6, 6.07) is 5.38. The van der Waals surface area contributed by atoms with E-state index in [1.54, 1.807) is 12.1 Å². The standard InChI is InChI=1S/C10H10Cl2O2/c11-9-4-3-8(10(12)6-9)2-1-5-14-7-13/h3-4,6-7H,1-2,5H2. The topological polar surface area (TPSA) is 26.3 Å². The quantitative estimate of drug-likeness (QED) is 0.577. The summed E-state index contributed by atoms with van der Waals surface area (Å²) in [5.41, 5.74) is 1.02. The smallest absolute Gasteiger partial charge is 0.293 e. The van der Waals surface area contributed by atoms with Crippen LogP contribution in [-0.2, 0) is 16.0 Å². The van der Waals surface area contributed by atoms with E-state index in [4.69, 9.17) is 23.2 Å². The van der Waals surface area contributed by atoms with Gasteiger partial charge in [-0.3, -0.25) is 4.79 Å². The molecule has 4 heteroatoms. The molecular weight excluding hydrogens is 223 g/mol. The Morgan fingerprint density at radius 2 is 2.14 bits per heavy atom. The summed E-state index contributed by atoms with van der Waals surface area (Å²) >= 11 is 11.7. The maximum absolute atomic E-state index is 9.86. The summed E-state index contributed by atoms with van der Waals surface area (Å²) in [5, 5.41) is 1.28. The van der Waals surface area contributed by atoms with E-state index in [1.165, 1.54) is 0 Å². The third kappa shape index (κ3) is 3.56. The maximum atomic E-state index is 9.86. The highest BCUT2D eigenvalue weighted by molar-refractivity contribution is 6.35. The van der Waals surface area contributed by atoms with Gasteiger partial charge in [-0.15, -0.1) is 0 Å². The molecule has 0 N–H and O–H groups in total. The molecule has 0 spiro atoms. The lowest BCUT2D eigenvalue weighted by molar-refractivity contribution is -0.128. The van der Waals surface area contributed by atoms with E-state index >= 15 is 0 Å². The Hall–Kier alpha value is -0.730. The highest BCUT2D eigenvalue weighted by Crippen LogP contribution is 2.21. The minimum Gasteiger partial charge on any atom is -0.468 e. The van der Waals surface area contributed by atoms with Crippen molar-refractivity contribution in [3.63, 3.8) is 0 Å². The van der Waals surface area contributed by atoms with Gasteiger partial charge in [0.2, 0.25) is 0 Å². The van der Waals surface area contributed by atoms with Gasteiger partial charge >= 0.3 is 0 Å². The van der Waals surface area contributed by atoms with Crippen molar-refractivity contribution in [1.29, 1.82) is 0 Å². The Labute approximate surface area is 92.8 Å². The van der Waals surface area contributed by atoms with Crippen LogP contribution in [0.1, 0.15) is 12.0 Å². The van der Waals surface area contributed by atoms with Crippen LogP contribution in [0.4, 0.5) is 0 Å². The number of halogens is 2. The molecule has 2 nitrogen and oxygen atoms in total. The number of aryl methyl sites for hydroxylation is 1. The number of rotatable bonds is 5. The van der Waals surface area contributed by atoms with Gasteiger partial charge in [-0.2, -0.15) is 0 Å². The molecule has 1 aromatic rings. The highest BCUT2D eigenvalue weighted by Gasteiger charge is 2.00. The normalized spacial score (nSPS) is 9.86.